The largest absolute Gasteiger partial charge is 0.504 e. The number of hydrogen-bond donors (Lipinski definition) is 2. The van der Waals surface area contributed by atoms with E-state index in [9.17, 15) is 15.0 Å². The molecule has 5 nitrogen and oxygen atoms in total. The highest BCUT2D eigenvalue weighted by Gasteiger charge is 2.83. The fourth-order valence-corrected chi connectivity index (χ4v) is 9.36. The van der Waals surface area contributed by atoms with Gasteiger partial charge in [0.25, 0.3) is 0 Å². The summed E-state index contributed by atoms with van der Waals surface area (Å²) in [7, 11) is 0. The van der Waals surface area contributed by atoms with Gasteiger partial charge in [-0.1, -0.05) is 34.6 Å². The van der Waals surface area contributed by atoms with E-state index in [1.165, 1.54) is 18.4 Å². The Labute approximate surface area is 321 Å². The zero-order valence-corrected chi connectivity index (χ0v) is 22.3. The van der Waals surface area contributed by atoms with E-state index in [0.717, 1.165) is 16.7 Å². The van der Waals surface area contributed by atoms with Gasteiger partial charge in [0.15, 0.2) is 23.4 Å². The van der Waals surface area contributed by atoms with Gasteiger partial charge in [-0.15, -0.1) is 0 Å². The highest BCUT2D eigenvalue weighted by atomic mass is 16.5. The molecular formula is C29H199NO4. The Balaban J connectivity index is -0.00000000267. The van der Waals surface area contributed by atoms with Gasteiger partial charge in [0, 0.05) is 148 Å². The number of aromatic hydroxyl groups is 1. The van der Waals surface area contributed by atoms with Gasteiger partial charge in [-0.05, 0) is 74.5 Å². The summed E-state index contributed by atoms with van der Waals surface area (Å²) in [6.07, 6.45) is 2.40. The Morgan fingerprint density at radius 2 is 1.68 bits per heavy atom. The molecule has 0 amide bonds. The van der Waals surface area contributed by atoms with Crippen molar-refractivity contribution in [2.75, 3.05) is 0 Å². The van der Waals surface area contributed by atoms with Crippen LogP contribution in [0.25, 0.3) is 0 Å². The van der Waals surface area contributed by atoms with Crippen LogP contribution in [0.15, 0.2) is 0 Å². The molecule has 1 aromatic carbocycles. The van der Waals surface area contributed by atoms with Crippen LogP contribution in [-0.4, -0.2) is 50.7 Å². The smallest absolute Gasteiger partial charge is 0.174 e. The number of ether oxygens (including phenoxy) is 1. The molecule has 1 spiro atoms. The number of likely N-dealkylation sites (tertiary alicyclic amines) is 1. The summed E-state index contributed by atoms with van der Waals surface area (Å²) < 4.78 is 6.50. The van der Waals surface area contributed by atoms with Gasteiger partial charge in [-0.2, -0.15) is 0 Å². The maximum Gasteiger partial charge on any atom is 0.174 e. The second-order valence-electron chi connectivity index (χ2n) is 13.7. The summed E-state index contributed by atoms with van der Waals surface area (Å²) in [6, 6.07) is 0.269. The van der Waals surface area contributed by atoms with Gasteiger partial charge < -0.3 is 14.9 Å². The number of rotatable bonds is 2. The average Bonchev–Trinajstić information content (AvgIpc) is 3.39. The Hall–Kier alpha value is -1.59. The average molecular weight is 627 g/mol. The van der Waals surface area contributed by atoms with Gasteiger partial charge >= 0.3 is 0 Å². The number of aliphatic hydroxyl groups is 1. The van der Waals surface area contributed by atoms with Crippen molar-refractivity contribution in [3.63, 3.8) is 0 Å². The van der Waals surface area contributed by atoms with Gasteiger partial charge in [0.2, 0.25) is 0 Å². The van der Waals surface area contributed by atoms with E-state index >= 15 is 0 Å². The molecule has 2 heterocycles. The highest BCUT2D eigenvalue weighted by molar-refractivity contribution is 5.91. The van der Waals surface area contributed by atoms with E-state index in [0.29, 0.717) is 24.6 Å². The van der Waals surface area contributed by atoms with E-state index in [1.54, 1.807) is 0 Å². The lowest BCUT2D eigenvalue weighted by Gasteiger charge is -2.75. The number of benzene rings is 1. The number of hydrogen-bond acceptors (Lipinski definition) is 5. The summed E-state index contributed by atoms with van der Waals surface area (Å²) >= 11 is 0. The van der Waals surface area contributed by atoms with Crippen molar-refractivity contribution in [1.29, 1.82) is 0 Å². The number of Topliss-reactive ketones (excluding diaryl/α,β-unsaturated/α-hetero) is 1. The van der Waals surface area contributed by atoms with Gasteiger partial charge in [0.05, 0.1) is 11.0 Å². The molecular weight excluding hydrogens is 426 g/mol. The first-order valence-electron chi connectivity index (χ1n) is 13.2. The van der Waals surface area contributed by atoms with E-state index in [-0.39, 0.29) is 142 Å². The lowest BCUT2D eigenvalue weighted by Crippen LogP contribution is -2.87. The number of phenols is 1. The number of nitrogens with zero attached hydrogens (tertiary/aromatic N) is 1. The van der Waals surface area contributed by atoms with Crippen molar-refractivity contribution >= 4 is 5.78 Å². The van der Waals surface area contributed by atoms with Crippen LogP contribution in [0, 0.1) is 24.7 Å². The molecule has 1 saturated heterocycles. The van der Waals surface area contributed by atoms with Crippen LogP contribution in [0.3, 0.4) is 0 Å². The molecule has 1 aromatic rings. The van der Waals surface area contributed by atoms with Gasteiger partial charge in [-0.3, -0.25) is 9.69 Å². The molecule has 6 atom stereocenters. The molecule has 2 unspecified atom stereocenters. The third kappa shape index (κ3) is 2.05. The maximum absolute atomic E-state index is 13.6. The predicted octanol–water partition coefficient (Wildman–Crippen LogP) is 24.1. The Kier molecular flexibility index (Phi) is 4.05. The molecule has 3 fully saturated rings. The zero-order valence-electron chi connectivity index (χ0n) is 22.3. The quantitative estimate of drug-likeness (QED) is 0.342. The summed E-state index contributed by atoms with van der Waals surface area (Å²) in [4.78, 5) is 16.2. The summed E-state index contributed by atoms with van der Waals surface area (Å²) in [6.45, 7) is 20.0. The minimum atomic E-state index is -1.14. The number of carbonyl (C=O) groups is 1. The van der Waals surface area contributed by atoms with E-state index in [1.807, 2.05) is 6.92 Å². The molecule has 2 aliphatic heterocycles. The fourth-order valence-electron chi connectivity index (χ4n) is 9.36. The number of piperidine rings is 1. The Bertz CT molecular complexity index is 1250. The second kappa shape index (κ2) is 6.03. The first-order valence-corrected chi connectivity index (χ1v) is 13.2. The maximum atomic E-state index is 13.6. The van der Waals surface area contributed by atoms with Gasteiger partial charge in [0.1, 0.15) is 0 Å². The monoisotopic (exact) mass is 627 g/mol. The lowest BCUT2D eigenvalue weighted by molar-refractivity contribution is -0.266. The van der Waals surface area contributed by atoms with E-state index in [2.05, 4.69) is 60.3 Å². The van der Waals surface area contributed by atoms with Crippen LogP contribution in [0.2, 0.25) is 0 Å². The molecule has 2 saturated carbocycles. The number of carbonyl (C=O) groups excluding carboxylic acids is 1. The molecule has 5 heteroatoms. The van der Waals surface area contributed by atoms with Crippen molar-refractivity contribution in [1.82, 2.24) is 4.90 Å². The topological polar surface area (TPSA) is 70.0 Å². The minimum Gasteiger partial charge on any atom is -0.504 e. The lowest BCUT2D eigenvalue weighted by atomic mass is 9.36. The van der Waals surface area contributed by atoms with Crippen molar-refractivity contribution in [3.8, 4) is 11.5 Å². The molecule has 2 bridgehead atoms. The molecule has 0 radical (unpaired) electrons. The van der Waals surface area contributed by atoms with Crippen molar-refractivity contribution < 1.29 is 132 Å². The van der Waals surface area contributed by atoms with Crippen molar-refractivity contribution in [2.24, 2.45) is 10.8 Å². The third-order valence-corrected chi connectivity index (χ3v) is 11.8. The number of ketones is 1. The van der Waals surface area contributed by atoms with E-state index in [4.69, 9.17) is 4.74 Å². The first-order chi connectivity index (χ1) is 15.6. The summed E-state index contributed by atoms with van der Waals surface area (Å²) in [5, 5.41) is 24.4. The van der Waals surface area contributed by atoms with Crippen LogP contribution in [0.1, 0.15) is 209 Å². The standard InChI is InChI=1S/C29H41NO4.79H2/c1-14-15(2)21(32)22-20-19(14)25(5,6)24-28(33)11-10-18(31)23(34-22)29(20,28)26(7,8)16(3)30(24)17(4)27(9)12-13-27;;;;;;;;;;;;;;;;;;;;;;;;;;;;;;;;;;;;;;;;;;;;;;;;;;;;;;;;;;;;;;;;;;;;;;;;;;;;;;;/h16-17,23-24,32-33H,10-13H2,1-9H3;79*1H/t16?,17?,23-,24+,28+,29-;;;;;;;;;;;;;;;;;;;;;;;;;;;;;;;;;;;;;;;;;;;;;;;;;;;;;;;;;;;;;;;;;;;;;;;;;;;;;;;/m0.............................................................................../s1. The predicted molar refractivity (Wildman–Crippen MR) is 299 cm³/mol. The molecule has 34 heavy (non-hydrogen) atoms. The molecule has 2 N–H and O–H groups in total. The molecule has 3 aliphatic carbocycles. The van der Waals surface area contributed by atoms with Crippen molar-refractivity contribution in [3.05, 3.63) is 22.3 Å². The fraction of sp³-hybridized carbons (Fsp3) is 0.759. The number of phenolic OH excluding ortho intramolecular Hbond substituents is 1. The second-order valence-corrected chi connectivity index (χ2v) is 13.7. The van der Waals surface area contributed by atoms with Crippen LogP contribution < -0.4 is 4.74 Å². The summed E-state index contributed by atoms with van der Waals surface area (Å²) in [5.74, 6) is 0.629. The van der Waals surface area contributed by atoms with Crippen LogP contribution >= 0.6 is 0 Å². The Morgan fingerprint density at radius 1 is 1.06 bits per heavy atom. The summed E-state index contributed by atoms with van der Waals surface area (Å²) in [5.41, 5.74) is 1.31. The van der Waals surface area contributed by atoms with Crippen molar-refractivity contribution in [2.45, 2.75) is 129 Å². The SMILES string of the molecule is Cc1c(C)c2c3c(c1O)O[C@H]1C(=O)CC[C@@]4(O)[C@H](N(C(C)C5(C)CC5)C(C)C(C)(C)[C@]314)C2(C)C.[HH].[HH].[HH].[HH].[HH].[HH].[HH].[HH].[HH].[HH].[HH].[HH].[HH].[HH].[HH].[HH].[HH].[HH].[HH].[HH].[HH].[HH].[HH].[HH].[HH].[HH].[HH].[HH].[HH].[HH].[HH].[HH].[HH].[HH].[HH].[HH].[HH].[HH].[HH].[HH].[HH].[HH].[HH].[HH].[HH].[HH].[HH].[HH].[HH].[HH].[HH].[HH].[HH].[HH].[HH].[HH].[HH].[HH].[HH].[HH].[HH].[HH].[HH].[HH].[HH].[HH].[HH].[HH].[HH].[HH].[HH].[HH].[HH].[HH].[HH].[HH].[HH].[HH].[HH]. The molecule has 5 aliphatic rings. The molecule has 0 aromatic heterocycles. The highest BCUT2D eigenvalue weighted by Crippen LogP contribution is 2.75. The van der Waals surface area contributed by atoms with Crippen LogP contribution in [0.4, 0.5) is 0 Å². The zero-order chi connectivity index (χ0) is 25.0. The first kappa shape index (κ1) is 22.8. The van der Waals surface area contributed by atoms with Crippen LogP contribution in [-0.2, 0) is 15.6 Å². The third-order valence-electron chi connectivity index (χ3n) is 11.8. The Morgan fingerprint density at radius 3 is 2.26 bits per heavy atom. The van der Waals surface area contributed by atoms with Crippen LogP contribution in [0.5, 0.6) is 11.5 Å². The van der Waals surface area contributed by atoms with Gasteiger partial charge in [-0.25, -0.2) is 0 Å². The normalized spacial score (nSPS) is 41.0. The minimum absolute atomic E-state index is 0. The molecule has 344 valence electrons. The molecule has 6 rings (SSSR count). The van der Waals surface area contributed by atoms with E-state index < -0.39 is 27.9 Å².